The van der Waals surface area contributed by atoms with E-state index in [0.717, 1.165) is 15.9 Å². The molecular formula is C15H12ClN3OS. The van der Waals surface area contributed by atoms with Gasteiger partial charge in [-0.1, -0.05) is 23.7 Å². The summed E-state index contributed by atoms with van der Waals surface area (Å²) in [6.07, 6.45) is 1.95. The van der Waals surface area contributed by atoms with E-state index in [2.05, 4.69) is 15.3 Å². The Labute approximate surface area is 130 Å². The van der Waals surface area contributed by atoms with E-state index >= 15 is 0 Å². The van der Waals surface area contributed by atoms with Crippen LogP contribution in [0.1, 0.15) is 10.4 Å². The van der Waals surface area contributed by atoms with Crippen LogP contribution in [0.25, 0.3) is 11.0 Å². The molecule has 106 valence electrons. The number of hydrogen-bond acceptors (Lipinski definition) is 3. The maximum absolute atomic E-state index is 12.3. The third-order valence-corrected chi connectivity index (χ3v) is 4.09. The first-order valence-electron chi connectivity index (χ1n) is 6.27. The highest BCUT2D eigenvalue weighted by molar-refractivity contribution is 7.98. The van der Waals surface area contributed by atoms with E-state index in [4.69, 9.17) is 11.6 Å². The van der Waals surface area contributed by atoms with Gasteiger partial charge in [0.2, 0.25) is 5.95 Å². The Bertz CT molecular complexity index is 783. The Hall–Kier alpha value is -1.98. The number of rotatable bonds is 3. The van der Waals surface area contributed by atoms with E-state index in [0.29, 0.717) is 16.5 Å². The number of halogens is 1. The Balaban J connectivity index is 1.89. The molecule has 0 aliphatic carbocycles. The van der Waals surface area contributed by atoms with Gasteiger partial charge in [0.25, 0.3) is 5.91 Å². The number of H-pyrrole nitrogens is 1. The molecule has 0 radical (unpaired) electrons. The van der Waals surface area contributed by atoms with Crippen LogP contribution in [-0.2, 0) is 0 Å². The number of aromatic nitrogens is 2. The molecule has 6 heteroatoms. The first-order chi connectivity index (χ1) is 10.2. The number of imidazole rings is 1. The van der Waals surface area contributed by atoms with Crippen molar-refractivity contribution in [1.82, 2.24) is 9.97 Å². The fourth-order valence-electron chi connectivity index (χ4n) is 1.99. The molecule has 1 amide bonds. The highest BCUT2D eigenvalue weighted by Gasteiger charge is 2.13. The monoisotopic (exact) mass is 317 g/mol. The van der Waals surface area contributed by atoms with Crippen LogP contribution in [0.15, 0.2) is 47.4 Å². The quantitative estimate of drug-likeness (QED) is 0.712. The Kier molecular flexibility index (Phi) is 3.86. The van der Waals surface area contributed by atoms with Gasteiger partial charge in [0.1, 0.15) is 0 Å². The molecule has 3 aromatic rings. The van der Waals surface area contributed by atoms with Crippen molar-refractivity contribution in [2.24, 2.45) is 0 Å². The lowest BCUT2D eigenvalue weighted by Gasteiger charge is -2.06. The minimum absolute atomic E-state index is 0.282. The summed E-state index contributed by atoms with van der Waals surface area (Å²) in [6.45, 7) is 0. The third kappa shape index (κ3) is 2.89. The number of hydrogen-bond donors (Lipinski definition) is 2. The number of fused-ring (bicyclic) bond motifs is 1. The number of carbonyl (C=O) groups is 1. The van der Waals surface area contributed by atoms with Crippen LogP contribution in [0, 0.1) is 0 Å². The molecule has 4 nitrogen and oxygen atoms in total. The fourth-order valence-corrected chi connectivity index (χ4v) is 2.64. The summed E-state index contributed by atoms with van der Waals surface area (Å²) in [5.74, 6) is 0.127. The SMILES string of the molecule is CSc1ccc(Cl)c(C(=O)Nc2nc3ccccc3[nH]2)c1. The Morgan fingerprint density at radius 2 is 2.10 bits per heavy atom. The van der Waals surface area contributed by atoms with Crippen LogP contribution in [0.5, 0.6) is 0 Å². The van der Waals surface area contributed by atoms with E-state index in [-0.39, 0.29) is 5.91 Å². The number of para-hydroxylation sites is 2. The Morgan fingerprint density at radius 1 is 1.29 bits per heavy atom. The molecule has 2 N–H and O–H groups in total. The van der Waals surface area contributed by atoms with Crippen molar-refractivity contribution in [3.05, 3.63) is 53.1 Å². The minimum atomic E-state index is -0.282. The van der Waals surface area contributed by atoms with Gasteiger partial charge in [-0.25, -0.2) is 4.98 Å². The number of aromatic amines is 1. The van der Waals surface area contributed by atoms with E-state index in [9.17, 15) is 4.79 Å². The normalized spacial score (nSPS) is 10.8. The second-order valence-corrected chi connectivity index (χ2v) is 5.69. The molecule has 0 aliphatic rings. The number of nitrogens with one attached hydrogen (secondary N) is 2. The van der Waals surface area contributed by atoms with Crippen molar-refractivity contribution >= 4 is 46.3 Å². The number of carbonyl (C=O) groups excluding carboxylic acids is 1. The van der Waals surface area contributed by atoms with Crippen molar-refractivity contribution in [1.29, 1.82) is 0 Å². The van der Waals surface area contributed by atoms with Gasteiger partial charge in [0.15, 0.2) is 0 Å². The lowest BCUT2D eigenvalue weighted by Crippen LogP contribution is -2.13. The molecule has 3 rings (SSSR count). The topological polar surface area (TPSA) is 57.8 Å². The van der Waals surface area contributed by atoms with Gasteiger partial charge in [0, 0.05) is 4.90 Å². The van der Waals surface area contributed by atoms with Crippen molar-refractivity contribution in [3.63, 3.8) is 0 Å². The molecular weight excluding hydrogens is 306 g/mol. The number of benzene rings is 2. The summed E-state index contributed by atoms with van der Waals surface area (Å²) in [7, 11) is 0. The maximum Gasteiger partial charge on any atom is 0.259 e. The summed E-state index contributed by atoms with van der Waals surface area (Å²) < 4.78 is 0. The fraction of sp³-hybridized carbons (Fsp3) is 0.0667. The average molecular weight is 318 g/mol. The van der Waals surface area contributed by atoms with Crippen molar-refractivity contribution in [3.8, 4) is 0 Å². The summed E-state index contributed by atoms with van der Waals surface area (Å²) in [4.78, 5) is 20.7. The molecule has 1 aromatic heterocycles. The van der Waals surface area contributed by atoms with E-state index in [1.54, 1.807) is 23.9 Å². The number of thioether (sulfide) groups is 1. The summed E-state index contributed by atoms with van der Waals surface area (Å²) in [5.41, 5.74) is 2.11. The van der Waals surface area contributed by atoms with Crippen LogP contribution in [0.3, 0.4) is 0 Å². The molecule has 0 atom stereocenters. The Morgan fingerprint density at radius 3 is 2.86 bits per heavy atom. The molecule has 0 aliphatic heterocycles. The molecule has 0 saturated carbocycles. The zero-order chi connectivity index (χ0) is 14.8. The first-order valence-corrected chi connectivity index (χ1v) is 7.87. The van der Waals surface area contributed by atoms with Gasteiger partial charge >= 0.3 is 0 Å². The highest BCUT2D eigenvalue weighted by Crippen LogP contribution is 2.24. The van der Waals surface area contributed by atoms with E-state index < -0.39 is 0 Å². The molecule has 0 saturated heterocycles. The predicted molar refractivity (Wildman–Crippen MR) is 87.3 cm³/mol. The predicted octanol–water partition coefficient (Wildman–Crippen LogP) is 4.19. The van der Waals surface area contributed by atoms with Crippen LogP contribution in [0.2, 0.25) is 5.02 Å². The number of anilines is 1. The van der Waals surface area contributed by atoms with Crippen molar-refractivity contribution in [2.45, 2.75) is 4.90 Å². The second-order valence-electron chi connectivity index (χ2n) is 4.40. The molecule has 0 fully saturated rings. The summed E-state index contributed by atoms with van der Waals surface area (Å²) in [6, 6.07) is 13.0. The van der Waals surface area contributed by atoms with E-state index in [1.165, 1.54) is 0 Å². The van der Waals surface area contributed by atoms with Crippen LogP contribution >= 0.6 is 23.4 Å². The molecule has 2 aromatic carbocycles. The van der Waals surface area contributed by atoms with E-state index in [1.807, 2.05) is 36.6 Å². The molecule has 21 heavy (non-hydrogen) atoms. The van der Waals surface area contributed by atoms with Gasteiger partial charge < -0.3 is 4.98 Å². The van der Waals surface area contributed by atoms with Crippen LogP contribution < -0.4 is 5.32 Å². The lowest BCUT2D eigenvalue weighted by molar-refractivity contribution is 0.102. The molecule has 0 spiro atoms. The number of nitrogens with zero attached hydrogens (tertiary/aromatic N) is 1. The second kappa shape index (κ2) is 5.79. The highest BCUT2D eigenvalue weighted by atomic mass is 35.5. The lowest BCUT2D eigenvalue weighted by atomic mass is 10.2. The van der Waals surface area contributed by atoms with Crippen LogP contribution in [0.4, 0.5) is 5.95 Å². The zero-order valence-electron chi connectivity index (χ0n) is 11.2. The van der Waals surface area contributed by atoms with Gasteiger partial charge in [-0.2, -0.15) is 0 Å². The minimum Gasteiger partial charge on any atom is -0.324 e. The molecule has 0 bridgehead atoms. The average Bonchev–Trinajstić information content (AvgIpc) is 2.89. The molecule has 1 heterocycles. The van der Waals surface area contributed by atoms with Gasteiger partial charge in [0.05, 0.1) is 21.6 Å². The first kappa shape index (κ1) is 14.0. The van der Waals surface area contributed by atoms with Gasteiger partial charge in [-0.3, -0.25) is 10.1 Å². The molecule has 0 unspecified atom stereocenters. The van der Waals surface area contributed by atoms with Gasteiger partial charge in [-0.15, -0.1) is 11.8 Å². The maximum atomic E-state index is 12.3. The summed E-state index contributed by atoms with van der Waals surface area (Å²) in [5, 5.41) is 3.16. The smallest absolute Gasteiger partial charge is 0.259 e. The zero-order valence-corrected chi connectivity index (χ0v) is 12.8. The standard InChI is InChI=1S/C15H12ClN3OS/c1-21-9-6-7-11(16)10(8-9)14(20)19-15-17-12-4-2-3-5-13(12)18-15/h2-8H,1H3,(H2,17,18,19,20). The number of amides is 1. The van der Waals surface area contributed by atoms with Crippen LogP contribution in [-0.4, -0.2) is 22.1 Å². The van der Waals surface area contributed by atoms with Crippen molar-refractivity contribution in [2.75, 3.05) is 11.6 Å². The van der Waals surface area contributed by atoms with Crippen molar-refractivity contribution < 1.29 is 4.79 Å². The summed E-state index contributed by atoms with van der Waals surface area (Å²) >= 11 is 7.65. The largest absolute Gasteiger partial charge is 0.324 e. The van der Waals surface area contributed by atoms with Gasteiger partial charge in [-0.05, 0) is 36.6 Å². The third-order valence-electron chi connectivity index (χ3n) is 3.04.